The van der Waals surface area contributed by atoms with Crippen LogP contribution in [0.1, 0.15) is 24.5 Å². The summed E-state index contributed by atoms with van der Waals surface area (Å²) in [6.07, 6.45) is -0.574. The van der Waals surface area contributed by atoms with E-state index in [1.54, 1.807) is 6.92 Å². The van der Waals surface area contributed by atoms with Crippen LogP contribution in [-0.4, -0.2) is 34.2 Å². The monoisotopic (exact) mass is 263 g/mol. The molecule has 19 heavy (non-hydrogen) atoms. The molecule has 1 aromatic rings. The van der Waals surface area contributed by atoms with Crippen molar-refractivity contribution in [2.75, 3.05) is 6.61 Å². The van der Waals surface area contributed by atoms with Crippen LogP contribution in [0.3, 0.4) is 0 Å². The van der Waals surface area contributed by atoms with E-state index in [1.165, 1.54) is 4.90 Å². The zero-order valence-electron chi connectivity index (χ0n) is 11.0. The normalized spacial score (nSPS) is 22.4. The summed E-state index contributed by atoms with van der Waals surface area (Å²) in [5.41, 5.74) is 1.28. The van der Waals surface area contributed by atoms with Crippen molar-refractivity contribution in [2.45, 2.75) is 32.4 Å². The largest absolute Gasteiger partial charge is 0.481 e. The Labute approximate surface area is 111 Å². The molecule has 1 fully saturated rings. The van der Waals surface area contributed by atoms with Crippen LogP contribution in [0.4, 0.5) is 4.79 Å². The van der Waals surface area contributed by atoms with Gasteiger partial charge in [0.25, 0.3) is 0 Å². The summed E-state index contributed by atoms with van der Waals surface area (Å²) in [6.45, 7) is 4.19. The number of amides is 1. The molecule has 1 unspecified atom stereocenters. The van der Waals surface area contributed by atoms with E-state index in [-0.39, 0.29) is 13.0 Å². The number of ether oxygens (including phenoxy) is 1. The second kappa shape index (κ2) is 4.91. The number of carboxylic acid groups (broad SMARTS) is 1. The number of benzene rings is 1. The second-order valence-electron chi connectivity index (χ2n) is 5.20. The van der Waals surface area contributed by atoms with Crippen molar-refractivity contribution in [3.63, 3.8) is 0 Å². The predicted molar refractivity (Wildman–Crippen MR) is 68.7 cm³/mol. The van der Waals surface area contributed by atoms with Crippen LogP contribution in [0.5, 0.6) is 0 Å². The smallest absolute Gasteiger partial charge is 0.410 e. The minimum absolute atomic E-state index is 0.115. The number of carboxylic acids is 1. The van der Waals surface area contributed by atoms with Gasteiger partial charge in [-0.15, -0.1) is 0 Å². The minimum Gasteiger partial charge on any atom is -0.481 e. The van der Waals surface area contributed by atoms with E-state index in [0.29, 0.717) is 6.54 Å². The fourth-order valence-corrected chi connectivity index (χ4v) is 2.31. The topological polar surface area (TPSA) is 66.8 Å². The molecule has 0 aromatic heterocycles. The molecule has 0 spiro atoms. The molecule has 0 bridgehead atoms. The average molecular weight is 263 g/mol. The lowest BCUT2D eigenvalue weighted by Crippen LogP contribution is -2.45. The molecule has 2 rings (SSSR count). The highest BCUT2D eigenvalue weighted by atomic mass is 16.6. The van der Waals surface area contributed by atoms with Gasteiger partial charge in [-0.3, -0.25) is 9.69 Å². The van der Waals surface area contributed by atoms with E-state index < -0.39 is 17.6 Å². The predicted octanol–water partition coefficient (Wildman–Crippen LogP) is 2.18. The number of hydrogen-bond donors (Lipinski definition) is 1. The first-order valence-corrected chi connectivity index (χ1v) is 6.12. The first-order chi connectivity index (χ1) is 8.90. The summed E-state index contributed by atoms with van der Waals surface area (Å²) in [7, 11) is 0. The van der Waals surface area contributed by atoms with Crippen LogP contribution in [-0.2, 0) is 16.1 Å². The van der Waals surface area contributed by atoms with Gasteiger partial charge < -0.3 is 9.84 Å². The molecular weight excluding hydrogens is 246 g/mol. The summed E-state index contributed by atoms with van der Waals surface area (Å²) in [5.74, 6) is -0.935. The third-order valence-corrected chi connectivity index (χ3v) is 3.33. The van der Waals surface area contributed by atoms with Crippen molar-refractivity contribution in [2.24, 2.45) is 0 Å². The Bertz CT molecular complexity index is 514. The van der Waals surface area contributed by atoms with Crippen molar-refractivity contribution in [1.82, 2.24) is 4.90 Å². The molecule has 1 atom stereocenters. The number of nitrogens with zero attached hydrogens (tertiary/aromatic N) is 1. The van der Waals surface area contributed by atoms with E-state index in [0.717, 1.165) is 11.1 Å². The van der Waals surface area contributed by atoms with Crippen molar-refractivity contribution in [3.8, 4) is 0 Å². The average Bonchev–Trinajstić information content (AvgIpc) is 2.56. The SMILES string of the molecule is Cc1cccc(CN2C(=O)OCC2(C)CC(=O)O)c1. The van der Waals surface area contributed by atoms with E-state index in [4.69, 9.17) is 9.84 Å². The highest BCUT2D eigenvalue weighted by molar-refractivity contribution is 5.75. The molecule has 1 N–H and O–H groups in total. The van der Waals surface area contributed by atoms with Gasteiger partial charge in [-0.25, -0.2) is 4.79 Å². The van der Waals surface area contributed by atoms with Crippen LogP contribution in [0.2, 0.25) is 0 Å². The maximum atomic E-state index is 11.8. The zero-order valence-corrected chi connectivity index (χ0v) is 11.0. The molecule has 5 nitrogen and oxygen atoms in total. The van der Waals surface area contributed by atoms with Crippen LogP contribution in [0.15, 0.2) is 24.3 Å². The Balaban J connectivity index is 2.20. The molecule has 102 valence electrons. The van der Waals surface area contributed by atoms with E-state index in [2.05, 4.69) is 0 Å². The molecule has 0 radical (unpaired) electrons. The van der Waals surface area contributed by atoms with Gasteiger partial charge >= 0.3 is 12.1 Å². The Morgan fingerprint density at radius 2 is 2.26 bits per heavy atom. The van der Waals surface area contributed by atoms with Gasteiger partial charge in [0.05, 0.1) is 12.0 Å². The van der Waals surface area contributed by atoms with Gasteiger partial charge in [-0.1, -0.05) is 29.8 Å². The number of carbonyl (C=O) groups excluding carboxylic acids is 1. The maximum absolute atomic E-state index is 11.8. The first-order valence-electron chi connectivity index (χ1n) is 6.12. The van der Waals surface area contributed by atoms with Crippen LogP contribution >= 0.6 is 0 Å². The number of aliphatic carboxylic acids is 1. The summed E-state index contributed by atoms with van der Waals surface area (Å²) in [4.78, 5) is 24.2. The van der Waals surface area contributed by atoms with Crippen LogP contribution < -0.4 is 0 Å². The van der Waals surface area contributed by atoms with Gasteiger partial charge in [0.15, 0.2) is 0 Å². The van der Waals surface area contributed by atoms with Crippen LogP contribution in [0, 0.1) is 6.92 Å². The lowest BCUT2D eigenvalue weighted by molar-refractivity contribution is -0.139. The van der Waals surface area contributed by atoms with Crippen molar-refractivity contribution < 1.29 is 19.4 Å². The molecule has 0 saturated carbocycles. The van der Waals surface area contributed by atoms with Gasteiger partial charge in [0, 0.05) is 6.54 Å². The van der Waals surface area contributed by atoms with Crippen LogP contribution in [0.25, 0.3) is 0 Å². The molecule has 1 amide bonds. The van der Waals surface area contributed by atoms with Crippen molar-refractivity contribution >= 4 is 12.1 Å². The minimum atomic E-state index is -0.935. The van der Waals surface area contributed by atoms with E-state index in [9.17, 15) is 9.59 Å². The van der Waals surface area contributed by atoms with Gasteiger partial charge in [0.2, 0.25) is 0 Å². The first kappa shape index (κ1) is 13.4. The van der Waals surface area contributed by atoms with Crippen molar-refractivity contribution in [3.05, 3.63) is 35.4 Å². The van der Waals surface area contributed by atoms with E-state index in [1.807, 2.05) is 31.2 Å². The summed E-state index contributed by atoms with van der Waals surface area (Å²) in [5, 5.41) is 8.96. The lowest BCUT2D eigenvalue weighted by atomic mass is 9.97. The fraction of sp³-hybridized carbons (Fsp3) is 0.429. The quantitative estimate of drug-likeness (QED) is 0.904. The summed E-state index contributed by atoms with van der Waals surface area (Å²) in [6, 6.07) is 7.79. The molecule has 1 heterocycles. The Kier molecular flexibility index (Phi) is 3.46. The molecule has 1 aliphatic rings. The number of rotatable bonds is 4. The molecule has 0 aliphatic carbocycles. The van der Waals surface area contributed by atoms with Gasteiger partial charge in [0.1, 0.15) is 6.61 Å². The molecule has 5 heteroatoms. The number of aryl methyl sites for hydroxylation is 1. The highest BCUT2D eigenvalue weighted by Crippen LogP contribution is 2.29. The van der Waals surface area contributed by atoms with Gasteiger partial charge in [-0.2, -0.15) is 0 Å². The van der Waals surface area contributed by atoms with Gasteiger partial charge in [-0.05, 0) is 19.4 Å². The zero-order chi connectivity index (χ0) is 14.0. The summed E-state index contributed by atoms with van der Waals surface area (Å²) < 4.78 is 5.01. The second-order valence-corrected chi connectivity index (χ2v) is 5.20. The Hall–Kier alpha value is -2.04. The number of cyclic esters (lactones) is 1. The lowest BCUT2D eigenvalue weighted by Gasteiger charge is -2.30. The molecule has 1 saturated heterocycles. The molecular formula is C14H17NO4. The standard InChI is InChI=1S/C14H17NO4/c1-10-4-3-5-11(6-10)8-15-13(18)19-9-14(15,2)7-12(16)17/h3-6H,7-9H2,1-2H3,(H,16,17). The Morgan fingerprint density at radius 3 is 2.89 bits per heavy atom. The fourth-order valence-electron chi connectivity index (χ4n) is 2.31. The number of carbonyl (C=O) groups is 2. The molecule has 1 aromatic carbocycles. The summed E-state index contributed by atoms with van der Waals surface area (Å²) >= 11 is 0. The molecule has 1 aliphatic heterocycles. The highest BCUT2D eigenvalue weighted by Gasteiger charge is 2.45. The third kappa shape index (κ3) is 2.86. The third-order valence-electron chi connectivity index (χ3n) is 3.33. The van der Waals surface area contributed by atoms with Crippen molar-refractivity contribution in [1.29, 1.82) is 0 Å². The number of hydrogen-bond acceptors (Lipinski definition) is 3. The van der Waals surface area contributed by atoms with E-state index >= 15 is 0 Å². The Morgan fingerprint density at radius 1 is 1.53 bits per heavy atom. The maximum Gasteiger partial charge on any atom is 0.410 e.